The van der Waals surface area contributed by atoms with Crippen molar-refractivity contribution in [3.8, 4) is 0 Å². The monoisotopic (exact) mass is 238 g/mol. The maximum absolute atomic E-state index is 9.34. The summed E-state index contributed by atoms with van der Waals surface area (Å²) in [6, 6.07) is 0. The summed E-state index contributed by atoms with van der Waals surface area (Å²) in [5.74, 6) is 0. The molecule has 7 N–H and O–H groups in total. The summed E-state index contributed by atoms with van der Waals surface area (Å²) in [4.78, 5) is 0. The smallest absolute Gasteiger partial charge is 0.112 e. The number of hydrogen-bond donors (Lipinski definition) is 7. The van der Waals surface area contributed by atoms with Crippen molar-refractivity contribution < 1.29 is 35.7 Å². The Balaban J connectivity index is 4.47. The van der Waals surface area contributed by atoms with Gasteiger partial charge in [0.1, 0.15) is 36.6 Å². The first kappa shape index (κ1) is 15.5. The highest BCUT2D eigenvalue weighted by Gasteiger charge is 2.36. The fraction of sp³-hybridized carbons (Fsp3) is 0.778. The Kier molecular flexibility index (Phi) is 6.68. The predicted octanol–water partition coefficient (Wildman–Crippen LogP) is -3.67. The van der Waals surface area contributed by atoms with Crippen molar-refractivity contribution in [1.29, 1.82) is 0 Å². The lowest BCUT2D eigenvalue weighted by Gasteiger charge is -2.29. The van der Waals surface area contributed by atoms with Crippen LogP contribution in [0.5, 0.6) is 0 Å². The Hall–Kier alpha value is -0.540. The lowest BCUT2D eigenvalue weighted by atomic mass is 9.96. The Morgan fingerprint density at radius 3 is 1.62 bits per heavy atom. The van der Waals surface area contributed by atoms with E-state index in [0.717, 1.165) is 6.08 Å². The first-order chi connectivity index (χ1) is 7.36. The van der Waals surface area contributed by atoms with Gasteiger partial charge in [0, 0.05) is 0 Å². The summed E-state index contributed by atoms with van der Waals surface area (Å²) in [7, 11) is 0. The second kappa shape index (κ2) is 6.92. The van der Waals surface area contributed by atoms with Crippen LogP contribution in [0.25, 0.3) is 0 Å². The van der Waals surface area contributed by atoms with Crippen LogP contribution < -0.4 is 0 Å². The van der Waals surface area contributed by atoms with Crippen LogP contribution in [0.1, 0.15) is 0 Å². The minimum absolute atomic E-state index is 0.814. The molecule has 6 atom stereocenters. The van der Waals surface area contributed by atoms with Gasteiger partial charge in [-0.2, -0.15) is 0 Å². The molecule has 0 saturated heterocycles. The fourth-order valence-electron chi connectivity index (χ4n) is 1.08. The van der Waals surface area contributed by atoms with Crippen LogP contribution in [0.4, 0.5) is 0 Å². The zero-order valence-corrected chi connectivity index (χ0v) is 8.59. The van der Waals surface area contributed by atoms with Crippen LogP contribution in [-0.4, -0.2) is 79.0 Å². The van der Waals surface area contributed by atoms with Crippen molar-refractivity contribution in [3.05, 3.63) is 12.7 Å². The summed E-state index contributed by atoms with van der Waals surface area (Å²) < 4.78 is 0. The van der Waals surface area contributed by atoms with E-state index in [1.807, 2.05) is 0 Å². The number of aliphatic hydroxyl groups excluding tert-OH is 7. The minimum atomic E-state index is -1.91. The number of aliphatic hydroxyl groups is 7. The zero-order valence-electron chi connectivity index (χ0n) is 8.59. The third kappa shape index (κ3) is 3.80. The normalized spacial score (nSPS) is 22.9. The van der Waals surface area contributed by atoms with E-state index in [0.29, 0.717) is 0 Å². The highest BCUT2D eigenvalue weighted by Crippen LogP contribution is 2.11. The van der Waals surface area contributed by atoms with E-state index in [-0.39, 0.29) is 0 Å². The highest BCUT2D eigenvalue weighted by molar-refractivity contribution is 4.93. The first-order valence-electron chi connectivity index (χ1n) is 4.68. The maximum Gasteiger partial charge on any atom is 0.112 e. The van der Waals surface area contributed by atoms with Gasteiger partial charge in [0.05, 0.1) is 6.61 Å². The quantitative estimate of drug-likeness (QED) is 0.226. The van der Waals surface area contributed by atoms with Crippen molar-refractivity contribution >= 4 is 0 Å². The highest BCUT2D eigenvalue weighted by atomic mass is 16.4. The van der Waals surface area contributed by atoms with Gasteiger partial charge in [-0.05, 0) is 0 Å². The standard InChI is InChI=1S/C9H18O7/c1-2-4(11)6(13)8(15)9(16)7(14)5(12)3-10/h2,4-16H,1,3H2/t4?,5-,6?,7+,8+,9+/m0/s1. The average Bonchev–Trinajstić information content (AvgIpc) is 2.32. The molecule has 96 valence electrons. The first-order valence-corrected chi connectivity index (χ1v) is 4.68. The summed E-state index contributed by atoms with van der Waals surface area (Å²) in [6.07, 6.45) is -9.59. The number of hydrogen-bond acceptors (Lipinski definition) is 7. The lowest BCUT2D eigenvalue weighted by molar-refractivity contribution is -0.152. The molecule has 0 aliphatic heterocycles. The van der Waals surface area contributed by atoms with Crippen molar-refractivity contribution in [2.45, 2.75) is 36.6 Å². The second-order valence-corrected chi connectivity index (χ2v) is 3.44. The van der Waals surface area contributed by atoms with Gasteiger partial charge >= 0.3 is 0 Å². The molecule has 0 rings (SSSR count). The van der Waals surface area contributed by atoms with Crippen LogP contribution in [-0.2, 0) is 0 Å². The molecule has 0 saturated carbocycles. The third-order valence-corrected chi connectivity index (χ3v) is 2.22. The Morgan fingerprint density at radius 2 is 1.25 bits per heavy atom. The van der Waals surface area contributed by atoms with Crippen LogP contribution in [0, 0.1) is 0 Å². The van der Waals surface area contributed by atoms with E-state index in [1.165, 1.54) is 0 Å². The van der Waals surface area contributed by atoms with Gasteiger partial charge < -0.3 is 35.7 Å². The molecule has 0 aromatic rings. The minimum Gasteiger partial charge on any atom is -0.394 e. The van der Waals surface area contributed by atoms with Crippen LogP contribution in [0.15, 0.2) is 12.7 Å². The van der Waals surface area contributed by atoms with E-state index < -0.39 is 43.2 Å². The van der Waals surface area contributed by atoms with Crippen molar-refractivity contribution in [3.63, 3.8) is 0 Å². The van der Waals surface area contributed by atoms with Crippen LogP contribution in [0.3, 0.4) is 0 Å². The predicted molar refractivity (Wildman–Crippen MR) is 53.3 cm³/mol. The Morgan fingerprint density at radius 1 is 0.812 bits per heavy atom. The van der Waals surface area contributed by atoms with E-state index in [1.54, 1.807) is 0 Å². The maximum atomic E-state index is 9.34. The molecule has 7 heteroatoms. The summed E-state index contributed by atoms with van der Waals surface area (Å²) in [6.45, 7) is 2.35. The lowest BCUT2D eigenvalue weighted by Crippen LogP contribution is -2.52. The largest absolute Gasteiger partial charge is 0.394 e. The van der Waals surface area contributed by atoms with Gasteiger partial charge in [-0.3, -0.25) is 0 Å². The SMILES string of the molecule is C=CC(O)C(O)[C@@H](O)[C@H](O)[C@H](O)[C@@H](O)CO. The topological polar surface area (TPSA) is 142 Å². The van der Waals surface area contributed by atoms with Crippen molar-refractivity contribution in [2.24, 2.45) is 0 Å². The van der Waals surface area contributed by atoms with Gasteiger partial charge in [-0.1, -0.05) is 6.08 Å². The van der Waals surface area contributed by atoms with Gasteiger partial charge in [0.25, 0.3) is 0 Å². The molecule has 2 unspecified atom stereocenters. The molecule has 0 amide bonds. The molecule has 0 aromatic carbocycles. The molecule has 0 bridgehead atoms. The van der Waals surface area contributed by atoms with Crippen molar-refractivity contribution in [2.75, 3.05) is 6.61 Å². The summed E-state index contributed by atoms with van der Waals surface area (Å²) in [5.41, 5.74) is 0. The average molecular weight is 238 g/mol. The molecular weight excluding hydrogens is 220 g/mol. The van der Waals surface area contributed by atoms with Gasteiger partial charge in [0.2, 0.25) is 0 Å². The summed E-state index contributed by atoms with van der Waals surface area (Å²) >= 11 is 0. The molecular formula is C9H18O7. The number of rotatable bonds is 7. The van der Waals surface area contributed by atoms with Crippen LogP contribution in [0.2, 0.25) is 0 Å². The van der Waals surface area contributed by atoms with Crippen LogP contribution >= 0.6 is 0 Å². The molecule has 0 spiro atoms. The fourth-order valence-corrected chi connectivity index (χ4v) is 1.08. The molecule has 0 heterocycles. The van der Waals surface area contributed by atoms with Gasteiger partial charge in [-0.25, -0.2) is 0 Å². The molecule has 0 aromatic heterocycles. The molecule has 7 nitrogen and oxygen atoms in total. The molecule has 0 radical (unpaired) electrons. The molecule has 0 aliphatic carbocycles. The molecule has 16 heavy (non-hydrogen) atoms. The van der Waals surface area contributed by atoms with Crippen molar-refractivity contribution in [1.82, 2.24) is 0 Å². The molecule has 0 fully saturated rings. The summed E-state index contributed by atoms with van der Waals surface area (Å²) in [5, 5.41) is 63.7. The Labute approximate surface area is 92.5 Å². The van der Waals surface area contributed by atoms with Gasteiger partial charge in [-0.15, -0.1) is 6.58 Å². The van der Waals surface area contributed by atoms with E-state index >= 15 is 0 Å². The second-order valence-electron chi connectivity index (χ2n) is 3.44. The Bertz CT molecular complexity index is 210. The molecule has 0 aliphatic rings. The zero-order chi connectivity index (χ0) is 12.9. The van der Waals surface area contributed by atoms with Gasteiger partial charge in [0.15, 0.2) is 0 Å². The third-order valence-electron chi connectivity index (χ3n) is 2.22. The van der Waals surface area contributed by atoms with E-state index in [2.05, 4.69) is 6.58 Å². The van der Waals surface area contributed by atoms with E-state index in [9.17, 15) is 20.4 Å². The van der Waals surface area contributed by atoms with E-state index in [4.69, 9.17) is 15.3 Å².